The van der Waals surface area contributed by atoms with Crippen LogP contribution in [0, 0.1) is 34.5 Å². The van der Waals surface area contributed by atoms with Crippen molar-refractivity contribution in [3.63, 3.8) is 0 Å². The van der Waals surface area contributed by atoms with Gasteiger partial charge in [0.2, 0.25) is 11.8 Å². The second-order valence-electron chi connectivity index (χ2n) is 10.4. The van der Waals surface area contributed by atoms with Gasteiger partial charge in [0.15, 0.2) is 5.13 Å². The zero-order valence-electron chi connectivity index (χ0n) is 20.6. The molecule has 0 radical (unpaired) electrons. The number of amides is 2. The van der Waals surface area contributed by atoms with Gasteiger partial charge < -0.3 is 20.2 Å². The molecule has 8 nitrogen and oxygen atoms in total. The molecule has 1 heterocycles. The van der Waals surface area contributed by atoms with Crippen molar-refractivity contribution < 1.29 is 14.7 Å². The molecule has 33 heavy (non-hydrogen) atoms. The summed E-state index contributed by atoms with van der Waals surface area (Å²) in [5, 5.41) is 23.9. The summed E-state index contributed by atoms with van der Waals surface area (Å²) in [5.41, 5.74) is 0.891. The summed E-state index contributed by atoms with van der Waals surface area (Å²) in [6.07, 6.45) is 2.25. The van der Waals surface area contributed by atoms with Crippen molar-refractivity contribution in [1.29, 1.82) is 5.26 Å². The Morgan fingerprint density at radius 3 is 2.73 bits per heavy atom. The number of aliphatic hydroxyl groups excluding tert-OH is 1. The van der Waals surface area contributed by atoms with Crippen LogP contribution in [0.15, 0.2) is 0 Å². The maximum Gasteiger partial charge on any atom is 0.240 e. The highest BCUT2D eigenvalue weighted by Gasteiger charge is 2.54. The molecule has 2 N–H and O–H groups in total. The maximum atomic E-state index is 12.9. The van der Waals surface area contributed by atoms with Crippen LogP contribution < -0.4 is 5.32 Å². The van der Waals surface area contributed by atoms with Crippen LogP contribution in [0.2, 0.25) is 0 Å². The molecule has 0 spiro atoms. The van der Waals surface area contributed by atoms with E-state index in [1.807, 2.05) is 25.9 Å². The molecule has 0 aromatic carbocycles. The minimum Gasteiger partial charge on any atom is -0.392 e. The van der Waals surface area contributed by atoms with Gasteiger partial charge in [-0.05, 0) is 50.6 Å². The molecular formula is C24H37N5O3S. The fourth-order valence-electron chi connectivity index (χ4n) is 5.90. The Morgan fingerprint density at radius 1 is 1.39 bits per heavy atom. The Morgan fingerprint density at radius 2 is 2.09 bits per heavy atom. The second kappa shape index (κ2) is 10.1. The van der Waals surface area contributed by atoms with Gasteiger partial charge in [-0.3, -0.25) is 9.59 Å². The quantitative estimate of drug-likeness (QED) is 0.628. The minimum atomic E-state index is -0.608. The molecule has 182 valence electrons. The van der Waals surface area contributed by atoms with E-state index in [1.54, 1.807) is 23.3 Å². The number of carbonyl (C=O) groups excluding carboxylic acids is 2. The summed E-state index contributed by atoms with van der Waals surface area (Å²) in [6, 6.07) is 2.08. The van der Waals surface area contributed by atoms with Crippen LogP contribution in [0.3, 0.4) is 0 Å². The first-order valence-corrected chi connectivity index (χ1v) is 12.5. The summed E-state index contributed by atoms with van der Waals surface area (Å²) >= 11 is 1.54. The summed E-state index contributed by atoms with van der Waals surface area (Å²) in [7, 11) is 5.43. The van der Waals surface area contributed by atoms with E-state index in [0.717, 1.165) is 25.0 Å². The van der Waals surface area contributed by atoms with E-state index in [2.05, 4.69) is 25.2 Å². The van der Waals surface area contributed by atoms with Crippen LogP contribution in [0.25, 0.3) is 0 Å². The molecule has 6 atom stereocenters. The number of nitrogens with zero attached hydrogens (tertiary/aromatic N) is 4. The SMILES string of the molecule is C[C@H](C(=O)N(C)CCC#N)[C@@H]1CC[C@]2(C)Cc3sc(NC(=O)CN(C)C)nc3[C@@H](C)[C@@H]2[C@H]1O. The molecule has 0 bridgehead atoms. The number of fused-ring (bicyclic) bond motifs is 2. The average molecular weight is 476 g/mol. The van der Waals surface area contributed by atoms with Crippen molar-refractivity contribution in [2.24, 2.45) is 23.2 Å². The van der Waals surface area contributed by atoms with E-state index in [4.69, 9.17) is 10.2 Å². The van der Waals surface area contributed by atoms with Gasteiger partial charge in [0, 0.05) is 30.3 Å². The molecule has 1 aromatic heterocycles. The summed E-state index contributed by atoms with van der Waals surface area (Å²) < 4.78 is 0. The molecule has 1 fully saturated rings. The summed E-state index contributed by atoms with van der Waals surface area (Å²) in [4.78, 5) is 34.5. The van der Waals surface area contributed by atoms with Crippen LogP contribution in [-0.4, -0.2) is 72.0 Å². The first-order valence-electron chi connectivity index (χ1n) is 11.7. The number of aromatic nitrogens is 1. The topological polar surface area (TPSA) is 110 Å². The van der Waals surface area contributed by atoms with E-state index in [1.165, 1.54) is 4.88 Å². The molecule has 1 aromatic rings. The van der Waals surface area contributed by atoms with Crippen molar-refractivity contribution in [3.8, 4) is 6.07 Å². The zero-order valence-corrected chi connectivity index (χ0v) is 21.4. The third-order valence-electron chi connectivity index (χ3n) is 7.60. The number of nitriles is 1. The van der Waals surface area contributed by atoms with Crippen LogP contribution in [-0.2, 0) is 16.0 Å². The molecule has 0 unspecified atom stereocenters. The fourth-order valence-corrected chi connectivity index (χ4v) is 7.18. The van der Waals surface area contributed by atoms with Gasteiger partial charge in [0.1, 0.15) is 0 Å². The second-order valence-corrected chi connectivity index (χ2v) is 11.5. The van der Waals surface area contributed by atoms with Gasteiger partial charge in [0.25, 0.3) is 0 Å². The van der Waals surface area contributed by atoms with E-state index in [0.29, 0.717) is 24.6 Å². The number of hydrogen-bond donors (Lipinski definition) is 2. The Bertz CT molecular complexity index is 926. The third kappa shape index (κ3) is 5.23. The van der Waals surface area contributed by atoms with Gasteiger partial charge in [0.05, 0.1) is 30.8 Å². The first-order chi connectivity index (χ1) is 15.5. The Kier molecular flexibility index (Phi) is 7.82. The van der Waals surface area contributed by atoms with Gasteiger partial charge in [-0.15, -0.1) is 11.3 Å². The minimum absolute atomic E-state index is 0.00385. The van der Waals surface area contributed by atoms with Crippen molar-refractivity contribution in [3.05, 3.63) is 10.6 Å². The lowest BCUT2D eigenvalue weighted by molar-refractivity contribution is -0.143. The highest BCUT2D eigenvalue weighted by atomic mass is 32.1. The smallest absolute Gasteiger partial charge is 0.240 e. The van der Waals surface area contributed by atoms with Crippen molar-refractivity contribution in [2.45, 2.75) is 58.5 Å². The molecule has 2 amide bonds. The van der Waals surface area contributed by atoms with E-state index < -0.39 is 6.10 Å². The average Bonchev–Trinajstić information content (AvgIpc) is 3.12. The molecule has 9 heteroatoms. The number of anilines is 1. The molecule has 0 aliphatic heterocycles. The van der Waals surface area contributed by atoms with E-state index >= 15 is 0 Å². The van der Waals surface area contributed by atoms with Gasteiger partial charge in [-0.1, -0.05) is 20.8 Å². The van der Waals surface area contributed by atoms with Gasteiger partial charge in [-0.2, -0.15) is 5.26 Å². The van der Waals surface area contributed by atoms with Crippen molar-refractivity contribution >= 4 is 28.3 Å². The number of thiazole rings is 1. The molecule has 2 aliphatic rings. The molecule has 3 rings (SSSR count). The van der Waals surface area contributed by atoms with Gasteiger partial charge in [-0.25, -0.2) is 4.98 Å². The fraction of sp³-hybridized carbons (Fsp3) is 0.750. The molecule has 1 saturated carbocycles. The number of carbonyl (C=O) groups is 2. The van der Waals surface area contributed by atoms with Crippen LogP contribution in [0.1, 0.15) is 56.5 Å². The van der Waals surface area contributed by atoms with Crippen molar-refractivity contribution in [2.75, 3.05) is 39.5 Å². The lowest BCUT2D eigenvalue weighted by atomic mass is 9.53. The van der Waals surface area contributed by atoms with E-state index in [9.17, 15) is 14.7 Å². The van der Waals surface area contributed by atoms with Crippen LogP contribution in [0.4, 0.5) is 5.13 Å². The monoisotopic (exact) mass is 475 g/mol. The van der Waals surface area contributed by atoms with Gasteiger partial charge >= 0.3 is 0 Å². The zero-order chi connectivity index (χ0) is 24.5. The molecular weight excluding hydrogens is 438 g/mol. The van der Waals surface area contributed by atoms with E-state index in [-0.39, 0.29) is 40.9 Å². The highest BCUT2D eigenvalue weighted by molar-refractivity contribution is 7.15. The predicted molar refractivity (Wildman–Crippen MR) is 129 cm³/mol. The summed E-state index contributed by atoms with van der Waals surface area (Å²) in [6.45, 7) is 6.97. The van der Waals surface area contributed by atoms with Crippen molar-refractivity contribution in [1.82, 2.24) is 14.8 Å². The summed E-state index contributed by atoms with van der Waals surface area (Å²) in [5.74, 6) is -0.501. The standard InChI is InChI=1S/C24H37N5O3S/c1-14(22(32)29(6)11-7-10-25)16-8-9-24(3)12-17-20(15(2)19(24)21(16)31)27-23(33-17)26-18(30)13-28(4)5/h14-16,19,21,31H,7-9,11-13H2,1-6H3,(H,26,27,30)/t14-,15-,16-,19+,21-,24+/m0/s1. The molecule has 2 aliphatic carbocycles. The lowest BCUT2D eigenvalue weighted by Crippen LogP contribution is -2.53. The number of aliphatic hydroxyl groups is 1. The van der Waals surface area contributed by atoms with Crippen LogP contribution >= 0.6 is 11.3 Å². The number of nitrogens with one attached hydrogen (secondary N) is 1. The maximum absolute atomic E-state index is 12.9. The number of rotatable bonds is 7. The number of likely N-dealkylation sites (N-methyl/N-ethyl adjacent to an activating group) is 1. The third-order valence-corrected chi connectivity index (χ3v) is 8.58. The largest absolute Gasteiger partial charge is 0.392 e. The highest BCUT2D eigenvalue weighted by Crippen LogP contribution is 2.57. The Labute approximate surface area is 201 Å². The predicted octanol–water partition coefficient (Wildman–Crippen LogP) is 2.70. The Balaban J connectivity index is 1.78. The first kappa shape index (κ1) is 25.6. The normalized spacial score (nSPS) is 29.5. The Hall–Kier alpha value is -2.02. The number of hydrogen-bond acceptors (Lipinski definition) is 7. The van der Waals surface area contributed by atoms with Crippen LogP contribution in [0.5, 0.6) is 0 Å². The molecule has 0 saturated heterocycles. The lowest BCUT2D eigenvalue weighted by Gasteiger charge is -2.53.